The molecule has 0 bridgehead atoms. The largest absolute Gasteiger partial charge is 0.437 e. The number of nitrogens with two attached hydrogens (primary N) is 1. The van der Waals surface area contributed by atoms with Crippen molar-refractivity contribution in [3.05, 3.63) is 72.7 Å². The summed E-state index contributed by atoms with van der Waals surface area (Å²) in [5.74, 6) is 0.706. The molecule has 28 heavy (non-hydrogen) atoms. The topological polar surface area (TPSA) is 124 Å². The van der Waals surface area contributed by atoms with E-state index in [9.17, 15) is 13.2 Å². The number of nitrogens with one attached hydrogen (secondary N) is 1. The number of aromatic nitrogens is 2. The summed E-state index contributed by atoms with van der Waals surface area (Å²) in [5.41, 5.74) is 1.43. The normalized spacial score (nSPS) is 11.0. The lowest BCUT2D eigenvalue weighted by atomic mass is 10.1. The van der Waals surface area contributed by atoms with E-state index in [0.29, 0.717) is 23.7 Å². The second kappa shape index (κ2) is 8.59. The van der Waals surface area contributed by atoms with Gasteiger partial charge in [-0.05, 0) is 36.2 Å². The molecule has 0 aliphatic rings. The molecule has 9 heteroatoms. The Hall–Kier alpha value is -3.30. The van der Waals surface area contributed by atoms with Crippen molar-refractivity contribution in [3.63, 3.8) is 0 Å². The summed E-state index contributed by atoms with van der Waals surface area (Å²) in [6.07, 6.45) is 5.27. The van der Waals surface area contributed by atoms with Gasteiger partial charge in [-0.1, -0.05) is 18.2 Å². The van der Waals surface area contributed by atoms with Crippen LogP contribution in [0.3, 0.4) is 0 Å². The minimum absolute atomic E-state index is 0.0422. The number of nitrogens with zero attached hydrogens (tertiary/aromatic N) is 2. The molecule has 0 spiro atoms. The van der Waals surface area contributed by atoms with Crippen molar-refractivity contribution in [1.29, 1.82) is 0 Å². The molecule has 0 unspecified atom stereocenters. The van der Waals surface area contributed by atoms with Crippen LogP contribution in [0.15, 0.2) is 72.0 Å². The van der Waals surface area contributed by atoms with Crippen LogP contribution < -0.4 is 15.2 Å². The Kier molecular flexibility index (Phi) is 5.97. The molecule has 0 radical (unpaired) electrons. The number of hydrogen-bond donors (Lipinski definition) is 2. The van der Waals surface area contributed by atoms with Gasteiger partial charge in [-0.15, -0.1) is 0 Å². The maximum atomic E-state index is 12.2. The molecule has 1 amide bonds. The van der Waals surface area contributed by atoms with Gasteiger partial charge in [0.2, 0.25) is 21.8 Å². The number of carbonyl (C=O) groups excluding carboxylic acids is 1. The number of rotatable bonds is 7. The van der Waals surface area contributed by atoms with Crippen molar-refractivity contribution in [2.45, 2.75) is 17.7 Å². The molecular weight excluding hydrogens is 380 g/mol. The van der Waals surface area contributed by atoms with Crippen LogP contribution in [-0.4, -0.2) is 24.3 Å². The molecule has 3 N–H and O–H groups in total. The SMILES string of the molecule is NS(=O)(=O)c1ccc(CCC(=O)Nc2cccc(Oc3cnccn3)c2)cc1. The minimum atomic E-state index is -3.72. The molecule has 3 rings (SSSR count). The van der Waals surface area contributed by atoms with Crippen LogP contribution in [0.25, 0.3) is 0 Å². The van der Waals surface area contributed by atoms with Crippen LogP contribution in [-0.2, 0) is 21.2 Å². The average Bonchev–Trinajstić information content (AvgIpc) is 2.67. The van der Waals surface area contributed by atoms with E-state index in [2.05, 4.69) is 15.3 Å². The maximum Gasteiger partial charge on any atom is 0.238 e. The van der Waals surface area contributed by atoms with Crippen molar-refractivity contribution >= 4 is 21.6 Å². The van der Waals surface area contributed by atoms with Gasteiger partial charge in [-0.2, -0.15) is 0 Å². The van der Waals surface area contributed by atoms with Crippen molar-refractivity contribution in [2.75, 3.05) is 5.32 Å². The van der Waals surface area contributed by atoms with Crippen molar-refractivity contribution in [3.8, 4) is 11.6 Å². The number of hydrogen-bond acceptors (Lipinski definition) is 6. The van der Waals surface area contributed by atoms with Gasteiger partial charge in [0.15, 0.2) is 0 Å². The molecule has 1 heterocycles. The Morgan fingerprint density at radius 1 is 1.11 bits per heavy atom. The molecule has 1 aromatic heterocycles. The van der Waals surface area contributed by atoms with Crippen molar-refractivity contribution in [1.82, 2.24) is 9.97 Å². The Morgan fingerprint density at radius 3 is 2.57 bits per heavy atom. The summed E-state index contributed by atoms with van der Waals surface area (Å²) in [6, 6.07) is 13.1. The molecular formula is C19H18N4O4S. The predicted molar refractivity (Wildman–Crippen MR) is 103 cm³/mol. The number of benzene rings is 2. The van der Waals surface area contributed by atoms with Gasteiger partial charge >= 0.3 is 0 Å². The van der Waals surface area contributed by atoms with Gasteiger partial charge in [-0.3, -0.25) is 9.78 Å². The zero-order valence-electron chi connectivity index (χ0n) is 14.8. The third-order valence-electron chi connectivity index (χ3n) is 3.77. The molecule has 144 valence electrons. The first kappa shape index (κ1) is 19.5. The van der Waals surface area contributed by atoms with Crippen LogP contribution in [0.4, 0.5) is 5.69 Å². The monoisotopic (exact) mass is 398 g/mol. The molecule has 0 saturated carbocycles. The van der Waals surface area contributed by atoms with Gasteiger partial charge in [0.1, 0.15) is 5.75 Å². The highest BCUT2D eigenvalue weighted by Crippen LogP contribution is 2.22. The third-order valence-corrected chi connectivity index (χ3v) is 4.70. The smallest absolute Gasteiger partial charge is 0.238 e. The summed E-state index contributed by atoms with van der Waals surface area (Å²) in [6.45, 7) is 0. The minimum Gasteiger partial charge on any atom is -0.437 e. The van der Waals surface area contributed by atoms with E-state index in [-0.39, 0.29) is 17.2 Å². The summed E-state index contributed by atoms with van der Waals surface area (Å²) in [5, 5.41) is 7.87. The third kappa shape index (κ3) is 5.60. The number of aryl methyl sites for hydroxylation is 1. The van der Waals surface area contributed by atoms with Crippen LogP contribution in [0.5, 0.6) is 11.6 Å². The average molecular weight is 398 g/mol. The van der Waals surface area contributed by atoms with Crippen molar-refractivity contribution < 1.29 is 17.9 Å². The molecule has 0 saturated heterocycles. The molecule has 0 atom stereocenters. The molecule has 8 nitrogen and oxygen atoms in total. The fraction of sp³-hybridized carbons (Fsp3) is 0.105. The Bertz CT molecular complexity index is 1050. The highest BCUT2D eigenvalue weighted by molar-refractivity contribution is 7.89. The Labute approximate surface area is 162 Å². The van der Waals surface area contributed by atoms with Crippen LogP contribution in [0, 0.1) is 0 Å². The molecule has 2 aromatic carbocycles. The highest BCUT2D eigenvalue weighted by atomic mass is 32.2. The summed E-state index contributed by atoms with van der Waals surface area (Å²) in [7, 11) is -3.72. The van der Waals surface area contributed by atoms with Crippen molar-refractivity contribution in [2.24, 2.45) is 5.14 Å². The Morgan fingerprint density at radius 2 is 1.89 bits per heavy atom. The van der Waals surface area contributed by atoms with E-state index in [1.54, 1.807) is 42.6 Å². The first-order valence-corrected chi connectivity index (χ1v) is 9.90. The standard InChI is InChI=1S/C19H18N4O4S/c20-28(25,26)17-7-4-14(5-8-17)6-9-18(24)23-15-2-1-3-16(12-15)27-19-13-21-10-11-22-19/h1-5,7-8,10-13H,6,9H2,(H,23,24)(H2,20,25,26). The number of sulfonamides is 1. The Balaban J connectivity index is 1.55. The highest BCUT2D eigenvalue weighted by Gasteiger charge is 2.08. The lowest BCUT2D eigenvalue weighted by molar-refractivity contribution is -0.116. The predicted octanol–water partition coefficient (Wildman–Crippen LogP) is 2.49. The lowest BCUT2D eigenvalue weighted by Gasteiger charge is -2.08. The van der Waals surface area contributed by atoms with Gasteiger partial charge in [0.05, 0.1) is 11.1 Å². The maximum absolute atomic E-state index is 12.2. The number of anilines is 1. The van der Waals surface area contributed by atoms with E-state index in [1.165, 1.54) is 24.5 Å². The van der Waals surface area contributed by atoms with E-state index in [1.807, 2.05) is 0 Å². The number of ether oxygens (including phenoxy) is 1. The molecule has 0 aliphatic heterocycles. The quantitative estimate of drug-likeness (QED) is 0.630. The summed E-state index contributed by atoms with van der Waals surface area (Å²) in [4.78, 5) is 20.2. The zero-order valence-corrected chi connectivity index (χ0v) is 15.6. The van der Waals surface area contributed by atoms with Crippen LogP contribution >= 0.6 is 0 Å². The van der Waals surface area contributed by atoms with E-state index in [4.69, 9.17) is 9.88 Å². The molecule has 0 aliphatic carbocycles. The van der Waals surface area contributed by atoms with Gasteiger partial charge < -0.3 is 10.1 Å². The van der Waals surface area contributed by atoms with Gasteiger partial charge in [0, 0.05) is 30.6 Å². The van der Waals surface area contributed by atoms with Crippen LogP contribution in [0.1, 0.15) is 12.0 Å². The fourth-order valence-corrected chi connectivity index (χ4v) is 2.94. The number of primary sulfonamides is 1. The van der Waals surface area contributed by atoms with Gasteiger partial charge in [0.25, 0.3) is 0 Å². The molecule has 3 aromatic rings. The fourth-order valence-electron chi connectivity index (χ4n) is 2.42. The van der Waals surface area contributed by atoms with E-state index >= 15 is 0 Å². The summed E-state index contributed by atoms with van der Waals surface area (Å²) < 4.78 is 28.1. The number of amides is 1. The first-order chi connectivity index (χ1) is 13.4. The lowest BCUT2D eigenvalue weighted by Crippen LogP contribution is -2.13. The zero-order chi connectivity index (χ0) is 20.0. The number of carbonyl (C=O) groups is 1. The second-order valence-electron chi connectivity index (χ2n) is 5.91. The van der Waals surface area contributed by atoms with Crippen LogP contribution in [0.2, 0.25) is 0 Å². The van der Waals surface area contributed by atoms with Gasteiger partial charge in [-0.25, -0.2) is 18.5 Å². The summed E-state index contributed by atoms with van der Waals surface area (Å²) >= 11 is 0. The molecule has 0 fully saturated rings. The van der Waals surface area contributed by atoms with E-state index in [0.717, 1.165) is 5.56 Å². The second-order valence-corrected chi connectivity index (χ2v) is 7.47. The van der Waals surface area contributed by atoms with E-state index < -0.39 is 10.0 Å². The first-order valence-electron chi connectivity index (χ1n) is 8.36.